The van der Waals surface area contributed by atoms with Crippen LogP contribution in [0.25, 0.3) is 0 Å². The van der Waals surface area contributed by atoms with Crippen LogP contribution in [-0.2, 0) is 23.7 Å². The Balaban J connectivity index is 2.08. The summed E-state index contributed by atoms with van der Waals surface area (Å²) in [6, 6.07) is 4.64. The summed E-state index contributed by atoms with van der Waals surface area (Å²) in [4.78, 5) is 27.1. The molecule has 0 spiro atoms. The van der Waals surface area contributed by atoms with Gasteiger partial charge >= 0.3 is 0 Å². The lowest BCUT2D eigenvalue weighted by atomic mass is 9.92. The van der Waals surface area contributed by atoms with Gasteiger partial charge in [-0.15, -0.1) is 0 Å². The average molecular weight is 404 g/mol. The first-order valence-electron chi connectivity index (χ1n) is 9.50. The maximum atomic E-state index is 14.2. The number of hydrogen-bond donors (Lipinski definition) is 0. The zero-order valence-corrected chi connectivity index (χ0v) is 17.0. The standard InChI is InChI=1S/C20H25FN4O4/c1-20(2,3)17-11-18(24(23(17)4)12-14-6-5-9-29-14)22-19(26)15-10-13(25(27)28)7-8-16(15)21/h7-8,10-11,14H,5-6,9,12H2,1-4H3/t14-/m1/s1. The quantitative estimate of drug-likeness (QED) is 0.578. The topological polar surface area (TPSA) is 91.7 Å². The lowest BCUT2D eigenvalue weighted by Gasteiger charge is -2.21. The third kappa shape index (κ3) is 4.45. The van der Waals surface area contributed by atoms with Gasteiger partial charge in [0.2, 0.25) is 0 Å². The lowest BCUT2D eigenvalue weighted by Crippen LogP contribution is -2.30. The van der Waals surface area contributed by atoms with Gasteiger partial charge in [0.25, 0.3) is 11.6 Å². The zero-order chi connectivity index (χ0) is 21.3. The number of hydrogen-bond acceptors (Lipinski definition) is 4. The van der Waals surface area contributed by atoms with Crippen molar-refractivity contribution in [3.63, 3.8) is 0 Å². The van der Waals surface area contributed by atoms with Crippen molar-refractivity contribution in [2.45, 2.75) is 51.7 Å². The highest BCUT2D eigenvalue weighted by Gasteiger charge is 2.24. The van der Waals surface area contributed by atoms with Gasteiger partial charge in [0.05, 0.1) is 23.1 Å². The van der Waals surface area contributed by atoms with Crippen LogP contribution in [0.2, 0.25) is 0 Å². The largest absolute Gasteiger partial charge is 0.376 e. The van der Waals surface area contributed by atoms with E-state index in [9.17, 15) is 19.3 Å². The molecular formula is C20H25FN4O4. The SMILES string of the molecule is Cn1c(C(C)(C)C)cc(=NC(=O)c2cc([N+](=O)[O-])ccc2F)n1C[C@H]1CCCO1. The molecule has 0 radical (unpaired) electrons. The Morgan fingerprint density at radius 2 is 2.10 bits per heavy atom. The molecule has 1 fully saturated rings. The lowest BCUT2D eigenvalue weighted by molar-refractivity contribution is -0.384. The summed E-state index contributed by atoms with van der Waals surface area (Å²) in [5.41, 5.74) is 0.315. The summed E-state index contributed by atoms with van der Waals surface area (Å²) in [5, 5.41) is 11.0. The number of rotatable bonds is 4. The fourth-order valence-corrected chi connectivity index (χ4v) is 3.52. The smallest absolute Gasteiger partial charge is 0.282 e. The summed E-state index contributed by atoms with van der Waals surface area (Å²) in [5.74, 6) is -1.71. The van der Waals surface area contributed by atoms with Crippen molar-refractivity contribution < 1.29 is 18.8 Å². The Bertz CT molecular complexity index is 1010. The van der Waals surface area contributed by atoms with E-state index in [0.29, 0.717) is 18.6 Å². The van der Waals surface area contributed by atoms with Crippen molar-refractivity contribution in [2.75, 3.05) is 6.61 Å². The van der Waals surface area contributed by atoms with Crippen molar-refractivity contribution in [1.29, 1.82) is 0 Å². The summed E-state index contributed by atoms with van der Waals surface area (Å²) in [7, 11) is 1.88. The summed E-state index contributed by atoms with van der Waals surface area (Å²) >= 11 is 0. The molecule has 0 N–H and O–H groups in total. The Morgan fingerprint density at radius 3 is 2.69 bits per heavy atom. The zero-order valence-electron chi connectivity index (χ0n) is 17.0. The number of carbonyl (C=O) groups excluding carboxylic acids is 1. The van der Waals surface area contributed by atoms with Crippen molar-refractivity contribution in [3.05, 3.63) is 56.9 Å². The number of aromatic nitrogens is 2. The van der Waals surface area contributed by atoms with Crippen LogP contribution in [0.5, 0.6) is 0 Å². The molecule has 3 rings (SSSR count). The maximum Gasteiger partial charge on any atom is 0.282 e. The van der Waals surface area contributed by atoms with Gasteiger partial charge in [0.15, 0.2) is 5.49 Å². The highest BCUT2D eigenvalue weighted by atomic mass is 19.1. The van der Waals surface area contributed by atoms with Gasteiger partial charge in [0, 0.05) is 43.0 Å². The van der Waals surface area contributed by atoms with Crippen LogP contribution in [0, 0.1) is 15.9 Å². The van der Waals surface area contributed by atoms with E-state index in [1.165, 1.54) is 0 Å². The van der Waals surface area contributed by atoms with Gasteiger partial charge in [0.1, 0.15) is 5.82 Å². The molecule has 1 amide bonds. The van der Waals surface area contributed by atoms with E-state index >= 15 is 0 Å². The normalized spacial score (nSPS) is 17.7. The van der Waals surface area contributed by atoms with E-state index in [2.05, 4.69) is 4.99 Å². The molecular weight excluding hydrogens is 379 g/mol. The molecule has 0 aliphatic carbocycles. The van der Waals surface area contributed by atoms with Gasteiger partial charge < -0.3 is 4.74 Å². The molecule has 1 aliphatic rings. The number of halogens is 1. The Kier molecular flexibility index (Phi) is 5.70. The minimum atomic E-state index is -0.863. The first-order valence-corrected chi connectivity index (χ1v) is 9.50. The number of nitrogens with zero attached hydrogens (tertiary/aromatic N) is 4. The van der Waals surface area contributed by atoms with Crippen molar-refractivity contribution in [3.8, 4) is 0 Å². The molecule has 29 heavy (non-hydrogen) atoms. The fraction of sp³-hybridized carbons (Fsp3) is 0.500. The summed E-state index contributed by atoms with van der Waals surface area (Å²) in [6.07, 6.45) is 1.90. The van der Waals surface area contributed by atoms with E-state index in [-0.39, 0.29) is 17.2 Å². The number of ether oxygens (including phenoxy) is 1. The minimum Gasteiger partial charge on any atom is -0.376 e. The highest BCUT2D eigenvalue weighted by Crippen LogP contribution is 2.22. The van der Waals surface area contributed by atoms with Crippen LogP contribution in [0.1, 0.15) is 49.7 Å². The van der Waals surface area contributed by atoms with Crippen molar-refractivity contribution in [2.24, 2.45) is 12.0 Å². The van der Waals surface area contributed by atoms with Crippen LogP contribution in [-0.4, -0.2) is 32.9 Å². The van der Waals surface area contributed by atoms with Crippen LogP contribution in [0.15, 0.2) is 29.3 Å². The Morgan fingerprint density at radius 1 is 1.38 bits per heavy atom. The van der Waals surface area contributed by atoms with E-state index < -0.39 is 22.2 Å². The molecule has 9 heteroatoms. The Labute approximate surface area is 167 Å². The first-order chi connectivity index (χ1) is 13.6. The number of amides is 1. The molecule has 2 aromatic rings. The number of carbonyl (C=O) groups is 1. The molecule has 1 aliphatic heterocycles. The monoisotopic (exact) mass is 404 g/mol. The Hall–Kier alpha value is -2.81. The molecule has 156 valence electrons. The van der Waals surface area contributed by atoms with E-state index in [1.807, 2.05) is 37.2 Å². The first kappa shape index (κ1) is 20.9. The van der Waals surface area contributed by atoms with Gasteiger partial charge in [-0.05, 0) is 18.9 Å². The van der Waals surface area contributed by atoms with Crippen molar-refractivity contribution >= 4 is 11.6 Å². The molecule has 0 bridgehead atoms. The van der Waals surface area contributed by atoms with Crippen LogP contribution < -0.4 is 5.49 Å². The second kappa shape index (κ2) is 7.90. The molecule has 1 aromatic carbocycles. The molecule has 0 saturated carbocycles. The number of nitro groups is 1. The van der Waals surface area contributed by atoms with E-state index in [4.69, 9.17) is 4.74 Å². The predicted octanol–water partition coefficient (Wildman–Crippen LogP) is 3.09. The number of nitro benzene ring substituents is 1. The molecule has 1 atom stereocenters. The van der Waals surface area contributed by atoms with E-state index in [1.54, 1.807) is 6.07 Å². The highest BCUT2D eigenvalue weighted by molar-refractivity contribution is 5.95. The number of benzene rings is 1. The summed E-state index contributed by atoms with van der Waals surface area (Å²) in [6.45, 7) is 7.35. The fourth-order valence-electron chi connectivity index (χ4n) is 3.52. The van der Waals surface area contributed by atoms with Gasteiger partial charge in [-0.1, -0.05) is 20.8 Å². The van der Waals surface area contributed by atoms with Crippen LogP contribution in [0.4, 0.5) is 10.1 Å². The molecule has 1 saturated heterocycles. The van der Waals surface area contributed by atoms with Crippen molar-refractivity contribution in [1.82, 2.24) is 9.36 Å². The van der Waals surface area contributed by atoms with Crippen LogP contribution >= 0.6 is 0 Å². The van der Waals surface area contributed by atoms with E-state index in [0.717, 1.165) is 36.7 Å². The average Bonchev–Trinajstić information content (AvgIpc) is 3.25. The minimum absolute atomic E-state index is 0.0139. The molecule has 1 aromatic heterocycles. The van der Waals surface area contributed by atoms with Crippen LogP contribution in [0.3, 0.4) is 0 Å². The molecule has 0 unspecified atom stereocenters. The third-order valence-corrected chi connectivity index (χ3v) is 5.02. The molecule has 8 nitrogen and oxygen atoms in total. The van der Waals surface area contributed by atoms with Gasteiger partial charge in [-0.3, -0.25) is 24.3 Å². The van der Waals surface area contributed by atoms with Gasteiger partial charge in [-0.25, -0.2) is 4.39 Å². The summed E-state index contributed by atoms with van der Waals surface area (Å²) < 4.78 is 23.6. The number of non-ortho nitro benzene ring substituents is 1. The second-order valence-electron chi connectivity index (χ2n) is 8.22. The predicted molar refractivity (Wildman–Crippen MR) is 104 cm³/mol. The maximum absolute atomic E-state index is 14.2. The van der Waals surface area contributed by atoms with Gasteiger partial charge in [-0.2, -0.15) is 4.99 Å². The molecule has 2 heterocycles. The third-order valence-electron chi connectivity index (χ3n) is 5.02. The second-order valence-corrected chi connectivity index (χ2v) is 8.22.